The van der Waals surface area contributed by atoms with Crippen molar-refractivity contribution in [3.8, 4) is 0 Å². The number of carbonyl (C=O) groups is 1. The van der Waals surface area contributed by atoms with E-state index in [2.05, 4.69) is 10.4 Å². The maximum absolute atomic E-state index is 12.5. The highest BCUT2D eigenvalue weighted by Gasteiger charge is 2.15. The van der Waals surface area contributed by atoms with E-state index in [4.69, 9.17) is 23.2 Å². The predicted molar refractivity (Wildman–Crippen MR) is 99.5 cm³/mol. The summed E-state index contributed by atoms with van der Waals surface area (Å²) in [7, 11) is 1.53. The number of nitrogens with zero attached hydrogens (tertiary/aromatic N) is 2. The lowest BCUT2D eigenvalue weighted by Crippen LogP contribution is -2.30. The van der Waals surface area contributed by atoms with Crippen LogP contribution in [0.5, 0.6) is 0 Å². The van der Waals surface area contributed by atoms with E-state index in [9.17, 15) is 9.59 Å². The molecule has 7 heteroatoms. The van der Waals surface area contributed by atoms with Crippen molar-refractivity contribution in [3.05, 3.63) is 74.1 Å². The summed E-state index contributed by atoms with van der Waals surface area (Å²) in [6.45, 7) is 0.388. The normalized spacial score (nSPS) is 10.8. The van der Waals surface area contributed by atoms with Crippen molar-refractivity contribution >= 4 is 39.9 Å². The number of aryl methyl sites for hydroxylation is 1. The summed E-state index contributed by atoms with van der Waals surface area (Å²) < 4.78 is 1.17. The van der Waals surface area contributed by atoms with Gasteiger partial charge >= 0.3 is 0 Å². The molecule has 1 N–H and O–H groups in total. The van der Waals surface area contributed by atoms with E-state index in [1.807, 2.05) is 6.07 Å². The second-order valence-corrected chi connectivity index (χ2v) is 6.41. The summed E-state index contributed by atoms with van der Waals surface area (Å²) in [6, 6.07) is 12.2. The number of aromatic nitrogens is 2. The van der Waals surface area contributed by atoms with Gasteiger partial charge in [0.25, 0.3) is 11.5 Å². The van der Waals surface area contributed by atoms with Gasteiger partial charge in [-0.05, 0) is 30.2 Å². The summed E-state index contributed by atoms with van der Waals surface area (Å²) >= 11 is 12.0. The second-order valence-electron chi connectivity index (χ2n) is 5.56. The van der Waals surface area contributed by atoms with E-state index in [1.165, 1.54) is 11.7 Å². The number of halogens is 2. The molecule has 0 atom stereocenters. The van der Waals surface area contributed by atoms with Crippen LogP contribution in [0.15, 0.2) is 47.3 Å². The highest BCUT2D eigenvalue weighted by atomic mass is 35.5. The number of nitrogens with one attached hydrogen (secondary N) is 1. The minimum Gasteiger partial charge on any atom is -0.350 e. The van der Waals surface area contributed by atoms with Crippen LogP contribution in [0.25, 0.3) is 10.8 Å². The lowest BCUT2D eigenvalue weighted by molar-refractivity contribution is 0.0949. The molecule has 0 aliphatic rings. The first-order valence-corrected chi connectivity index (χ1v) is 8.41. The Bertz CT molecular complexity index is 1010. The van der Waals surface area contributed by atoms with E-state index in [1.54, 1.807) is 36.4 Å². The quantitative estimate of drug-likeness (QED) is 0.761. The van der Waals surface area contributed by atoms with Gasteiger partial charge in [0.1, 0.15) is 0 Å². The average Bonchev–Trinajstić information content (AvgIpc) is 2.60. The molecule has 0 fully saturated rings. The number of benzene rings is 2. The molecule has 2 aromatic carbocycles. The molecule has 0 spiro atoms. The van der Waals surface area contributed by atoms with Crippen molar-refractivity contribution in [1.82, 2.24) is 15.1 Å². The summed E-state index contributed by atoms with van der Waals surface area (Å²) in [5.74, 6) is -0.336. The van der Waals surface area contributed by atoms with Crippen LogP contribution in [0.2, 0.25) is 10.0 Å². The molecule has 0 radical (unpaired) electrons. The molecule has 3 aromatic rings. The highest BCUT2D eigenvalue weighted by molar-refractivity contribution is 6.35. The fraction of sp³-hybridized carbons (Fsp3) is 0.167. The lowest BCUT2D eigenvalue weighted by atomic mass is 10.1. The number of carbonyl (C=O) groups excluding carboxylic acids is 1. The third-order valence-corrected chi connectivity index (χ3v) is 4.45. The van der Waals surface area contributed by atoms with E-state index in [0.29, 0.717) is 33.8 Å². The fourth-order valence-electron chi connectivity index (χ4n) is 2.59. The molecule has 0 saturated carbocycles. The molecule has 1 aromatic heterocycles. The SMILES string of the molecule is Cn1nc(C(=O)NCCc2ccc(Cl)cc2Cl)c2ccccc2c1=O. The molecule has 0 saturated heterocycles. The number of hydrogen-bond acceptors (Lipinski definition) is 3. The Labute approximate surface area is 154 Å². The maximum atomic E-state index is 12.5. The van der Waals surface area contributed by atoms with Crippen LogP contribution in [0.1, 0.15) is 16.1 Å². The van der Waals surface area contributed by atoms with Crippen LogP contribution in [0, 0.1) is 0 Å². The van der Waals surface area contributed by atoms with Crippen LogP contribution >= 0.6 is 23.2 Å². The van der Waals surface area contributed by atoms with Crippen LogP contribution in [0.3, 0.4) is 0 Å². The van der Waals surface area contributed by atoms with Crippen molar-refractivity contribution in [2.45, 2.75) is 6.42 Å². The minimum atomic E-state index is -0.336. The Morgan fingerprint density at radius 3 is 2.60 bits per heavy atom. The van der Waals surface area contributed by atoms with Crippen LogP contribution < -0.4 is 10.9 Å². The van der Waals surface area contributed by atoms with E-state index in [-0.39, 0.29) is 17.2 Å². The topological polar surface area (TPSA) is 64.0 Å². The summed E-state index contributed by atoms with van der Waals surface area (Å²) in [5.41, 5.74) is 0.879. The van der Waals surface area contributed by atoms with Crippen LogP contribution in [-0.4, -0.2) is 22.2 Å². The van der Waals surface area contributed by atoms with E-state index < -0.39 is 0 Å². The molecule has 0 aliphatic heterocycles. The Morgan fingerprint density at radius 2 is 1.88 bits per heavy atom. The predicted octanol–water partition coefficient (Wildman–Crippen LogP) is 3.21. The molecular weight excluding hydrogens is 361 g/mol. The minimum absolute atomic E-state index is 0.222. The number of rotatable bonds is 4. The molecule has 0 unspecified atom stereocenters. The molecular formula is C18H15Cl2N3O2. The van der Waals surface area contributed by atoms with Gasteiger partial charge in [-0.2, -0.15) is 5.10 Å². The summed E-state index contributed by atoms with van der Waals surface area (Å²) in [4.78, 5) is 24.6. The van der Waals surface area contributed by atoms with Gasteiger partial charge in [-0.25, -0.2) is 4.68 Å². The first-order chi connectivity index (χ1) is 12.0. The first-order valence-electron chi connectivity index (χ1n) is 7.65. The highest BCUT2D eigenvalue weighted by Crippen LogP contribution is 2.21. The van der Waals surface area contributed by atoms with E-state index >= 15 is 0 Å². The molecule has 25 heavy (non-hydrogen) atoms. The largest absolute Gasteiger partial charge is 0.350 e. The fourth-order valence-corrected chi connectivity index (χ4v) is 3.09. The van der Waals surface area contributed by atoms with Crippen molar-refractivity contribution < 1.29 is 4.79 Å². The van der Waals surface area contributed by atoms with Gasteiger partial charge < -0.3 is 5.32 Å². The number of hydrogen-bond donors (Lipinski definition) is 1. The lowest BCUT2D eigenvalue weighted by Gasteiger charge is -2.09. The summed E-state index contributed by atoms with van der Waals surface area (Å²) in [6.07, 6.45) is 0.561. The van der Waals surface area contributed by atoms with Gasteiger partial charge in [0.05, 0.1) is 5.39 Å². The molecule has 1 amide bonds. The number of fused-ring (bicyclic) bond motifs is 1. The monoisotopic (exact) mass is 375 g/mol. The van der Waals surface area contributed by atoms with Gasteiger partial charge in [-0.3, -0.25) is 9.59 Å². The smallest absolute Gasteiger partial charge is 0.274 e. The van der Waals surface area contributed by atoms with Crippen LogP contribution in [0.4, 0.5) is 0 Å². The molecule has 0 bridgehead atoms. The second kappa shape index (κ2) is 7.25. The van der Waals surface area contributed by atoms with Gasteiger partial charge in [0.15, 0.2) is 5.69 Å². The van der Waals surface area contributed by atoms with Gasteiger partial charge in [0, 0.05) is 29.0 Å². The third-order valence-electron chi connectivity index (χ3n) is 3.87. The van der Waals surface area contributed by atoms with Gasteiger partial charge in [-0.1, -0.05) is 47.5 Å². The Morgan fingerprint density at radius 1 is 1.16 bits per heavy atom. The average molecular weight is 376 g/mol. The molecule has 0 aliphatic carbocycles. The molecule has 1 heterocycles. The molecule has 3 rings (SSSR count). The Hall–Kier alpha value is -2.37. The maximum Gasteiger partial charge on any atom is 0.274 e. The van der Waals surface area contributed by atoms with Gasteiger partial charge in [0.2, 0.25) is 0 Å². The van der Waals surface area contributed by atoms with Crippen molar-refractivity contribution in [2.24, 2.45) is 7.05 Å². The zero-order valence-corrected chi connectivity index (χ0v) is 14.9. The van der Waals surface area contributed by atoms with Crippen molar-refractivity contribution in [1.29, 1.82) is 0 Å². The van der Waals surface area contributed by atoms with E-state index in [0.717, 1.165) is 5.56 Å². The number of amides is 1. The Balaban J connectivity index is 1.79. The zero-order chi connectivity index (χ0) is 18.0. The molecule has 128 valence electrons. The van der Waals surface area contributed by atoms with Crippen molar-refractivity contribution in [3.63, 3.8) is 0 Å². The summed E-state index contributed by atoms with van der Waals surface area (Å²) in [5, 5.41) is 9.05. The van der Waals surface area contributed by atoms with Crippen molar-refractivity contribution in [2.75, 3.05) is 6.54 Å². The van der Waals surface area contributed by atoms with Gasteiger partial charge in [-0.15, -0.1) is 0 Å². The zero-order valence-electron chi connectivity index (χ0n) is 13.4. The Kier molecular flexibility index (Phi) is 5.06. The first kappa shape index (κ1) is 17.5. The third kappa shape index (κ3) is 3.67. The molecule has 5 nitrogen and oxygen atoms in total. The van der Waals surface area contributed by atoms with Crippen LogP contribution in [-0.2, 0) is 13.5 Å². The standard InChI is InChI=1S/C18H15Cl2N3O2/c1-23-18(25)14-5-3-2-4-13(14)16(22-23)17(24)21-9-8-11-6-7-12(19)10-15(11)20/h2-7,10H,8-9H2,1H3,(H,21,24).